The maximum absolute atomic E-state index is 13.3. The molecule has 1 atom stereocenters. The third kappa shape index (κ3) is 4.53. The van der Waals surface area contributed by atoms with E-state index in [1.165, 1.54) is 0 Å². The number of aromatic amines is 1. The second kappa shape index (κ2) is 9.09. The van der Waals surface area contributed by atoms with E-state index in [1.54, 1.807) is 60.8 Å². The summed E-state index contributed by atoms with van der Waals surface area (Å²) < 4.78 is 5.54. The summed E-state index contributed by atoms with van der Waals surface area (Å²) in [7, 11) is 0. The minimum Gasteiger partial charge on any atom is -0.448 e. The Balaban J connectivity index is 1.52. The average Bonchev–Trinajstić information content (AvgIpc) is 3.26. The summed E-state index contributed by atoms with van der Waals surface area (Å²) in [5.74, 6) is -1.44. The van der Waals surface area contributed by atoms with Crippen LogP contribution in [0.15, 0.2) is 91.1 Å². The maximum atomic E-state index is 13.3. The van der Waals surface area contributed by atoms with Crippen molar-refractivity contribution in [2.45, 2.75) is 6.10 Å². The van der Waals surface area contributed by atoms with Crippen molar-refractivity contribution in [3.63, 3.8) is 0 Å². The fraction of sp³-hybridized carbons (Fsp3) is 0.0800. The zero-order chi connectivity index (χ0) is 21.6. The largest absolute Gasteiger partial charge is 0.448 e. The van der Waals surface area contributed by atoms with Crippen LogP contribution in [-0.2, 0) is 9.53 Å². The average molecular weight is 412 g/mol. The molecule has 4 rings (SSSR count). The normalized spacial score (nSPS) is 11.6. The molecule has 1 amide bonds. The van der Waals surface area contributed by atoms with Gasteiger partial charge < -0.3 is 15.0 Å². The molecule has 0 bridgehead atoms. The summed E-state index contributed by atoms with van der Waals surface area (Å²) in [4.78, 5) is 41.1. The Hall–Kier alpha value is -4.19. The number of aromatic nitrogens is 1. The molecule has 2 N–H and O–H groups in total. The lowest BCUT2D eigenvalue weighted by molar-refractivity contribution is -0.146. The number of H-pyrrole nitrogens is 1. The Labute approximate surface area is 178 Å². The van der Waals surface area contributed by atoms with Gasteiger partial charge in [-0.05, 0) is 18.2 Å². The lowest BCUT2D eigenvalue weighted by Gasteiger charge is -2.17. The first-order chi connectivity index (χ1) is 15.1. The number of nitrogens with one attached hydrogen (secondary N) is 2. The lowest BCUT2D eigenvalue weighted by Crippen LogP contribution is -2.32. The zero-order valence-electron chi connectivity index (χ0n) is 16.6. The summed E-state index contributed by atoms with van der Waals surface area (Å²) in [6.45, 7) is -0.349. The second-order valence-electron chi connectivity index (χ2n) is 6.94. The predicted octanol–water partition coefficient (Wildman–Crippen LogP) is 4.07. The number of ketones is 1. The van der Waals surface area contributed by atoms with E-state index in [0.717, 1.165) is 10.9 Å². The number of Topliss-reactive ketones (excluding diaryl/α,β-unsaturated/α-hetero) is 1. The van der Waals surface area contributed by atoms with Gasteiger partial charge in [-0.25, -0.2) is 0 Å². The van der Waals surface area contributed by atoms with Crippen LogP contribution in [0.3, 0.4) is 0 Å². The standard InChI is InChI=1S/C25H20N2O4/c28-22(16-27-25(30)18-11-5-2-6-12-18)31-24(17-9-3-1-4-10-17)23(29)20-15-26-21-14-8-7-13-19(20)21/h1-15,24,26H,16H2,(H,27,30). The van der Waals surface area contributed by atoms with E-state index in [1.807, 2.05) is 30.3 Å². The molecular formula is C25H20N2O4. The van der Waals surface area contributed by atoms with Gasteiger partial charge in [0.05, 0.1) is 0 Å². The van der Waals surface area contributed by atoms with Crippen molar-refractivity contribution in [1.82, 2.24) is 10.3 Å². The molecule has 0 aliphatic carbocycles. The summed E-state index contributed by atoms with van der Waals surface area (Å²) in [5.41, 5.74) is 2.25. The number of ether oxygens (including phenoxy) is 1. The first-order valence-corrected chi connectivity index (χ1v) is 9.81. The van der Waals surface area contributed by atoms with E-state index in [9.17, 15) is 14.4 Å². The van der Waals surface area contributed by atoms with Crippen LogP contribution in [0.2, 0.25) is 0 Å². The molecule has 0 fully saturated rings. The highest BCUT2D eigenvalue weighted by atomic mass is 16.5. The van der Waals surface area contributed by atoms with E-state index in [-0.39, 0.29) is 12.3 Å². The molecule has 6 nitrogen and oxygen atoms in total. The van der Waals surface area contributed by atoms with Gasteiger partial charge in [0.1, 0.15) is 6.54 Å². The number of para-hydroxylation sites is 1. The molecule has 0 aliphatic rings. The van der Waals surface area contributed by atoms with E-state index in [0.29, 0.717) is 16.7 Å². The molecule has 6 heteroatoms. The van der Waals surface area contributed by atoms with Crippen LogP contribution in [0.25, 0.3) is 10.9 Å². The molecule has 0 radical (unpaired) electrons. The van der Waals surface area contributed by atoms with E-state index in [4.69, 9.17) is 4.74 Å². The molecular weight excluding hydrogens is 392 g/mol. The molecule has 3 aromatic carbocycles. The van der Waals surface area contributed by atoms with Crippen LogP contribution in [0.1, 0.15) is 32.4 Å². The molecule has 0 spiro atoms. The van der Waals surface area contributed by atoms with Crippen molar-refractivity contribution in [3.05, 3.63) is 108 Å². The van der Waals surface area contributed by atoms with Crippen molar-refractivity contribution in [3.8, 4) is 0 Å². The minimum atomic E-state index is -1.12. The maximum Gasteiger partial charge on any atom is 0.326 e. The topological polar surface area (TPSA) is 88.3 Å². The highest BCUT2D eigenvalue weighted by Gasteiger charge is 2.28. The number of esters is 1. The van der Waals surface area contributed by atoms with Gasteiger partial charge in [-0.2, -0.15) is 0 Å². The van der Waals surface area contributed by atoms with Crippen molar-refractivity contribution in [2.75, 3.05) is 6.54 Å². The number of carbonyl (C=O) groups excluding carboxylic acids is 3. The fourth-order valence-electron chi connectivity index (χ4n) is 3.33. The fourth-order valence-corrected chi connectivity index (χ4v) is 3.33. The number of rotatable bonds is 7. The Bertz CT molecular complexity index is 1220. The van der Waals surface area contributed by atoms with Crippen molar-refractivity contribution < 1.29 is 19.1 Å². The molecule has 1 unspecified atom stereocenters. The highest BCUT2D eigenvalue weighted by molar-refractivity contribution is 6.10. The van der Waals surface area contributed by atoms with Gasteiger partial charge in [0.2, 0.25) is 5.78 Å². The van der Waals surface area contributed by atoms with Crippen molar-refractivity contribution in [1.29, 1.82) is 0 Å². The quantitative estimate of drug-likeness (QED) is 0.354. The molecule has 0 saturated heterocycles. The summed E-state index contributed by atoms with van der Waals surface area (Å²) in [5, 5.41) is 3.28. The molecule has 31 heavy (non-hydrogen) atoms. The number of fused-ring (bicyclic) bond motifs is 1. The number of hydrogen-bond donors (Lipinski definition) is 2. The summed E-state index contributed by atoms with van der Waals surface area (Å²) in [6.07, 6.45) is 0.495. The zero-order valence-corrected chi connectivity index (χ0v) is 16.6. The van der Waals surface area contributed by atoms with Crippen LogP contribution in [0.4, 0.5) is 0 Å². The van der Waals surface area contributed by atoms with Gasteiger partial charge in [-0.1, -0.05) is 66.7 Å². The monoisotopic (exact) mass is 412 g/mol. The third-order valence-electron chi connectivity index (χ3n) is 4.87. The van der Waals surface area contributed by atoms with Gasteiger partial charge in [0.15, 0.2) is 6.10 Å². The lowest BCUT2D eigenvalue weighted by atomic mass is 9.99. The van der Waals surface area contributed by atoms with Crippen molar-refractivity contribution in [2.24, 2.45) is 0 Å². The van der Waals surface area contributed by atoms with E-state index in [2.05, 4.69) is 10.3 Å². The Kier molecular flexibility index (Phi) is 5.89. The van der Waals surface area contributed by atoms with Crippen LogP contribution in [0, 0.1) is 0 Å². The third-order valence-corrected chi connectivity index (χ3v) is 4.87. The Morgan fingerprint density at radius 2 is 1.48 bits per heavy atom. The Morgan fingerprint density at radius 1 is 0.839 bits per heavy atom. The van der Waals surface area contributed by atoms with Crippen LogP contribution in [0.5, 0.6) is 0 Å². The molecule has 0 aliphatic heterocycles. The highest BCUT2D eigenvalue weighted by Crippen LogP contribution is 2.27. The molecule has 0 saturated carbocycles. The first-order valence-electron chi connectivity index (χ1n) is 9.81. The number of hydrogen-bond acceptors (Lipinski definition) is 4. The van der Waals surface area contributed by atoms with Gasteiger partial charge in [0, 0.05) is 33.8 Å². The molecule has 1 heterocycles. The summed E-state index contributed by atoms with van der Waals surface area (Å²) >= 11 is 0. The van der Waals surface area contributed by atoms with Gasteiger partial charge in [0.25, 0.3) is 5.91 Å². The van der Waals surface area contributed by atoms with Crippen molar-refractivity contribution >= 4 is 28.6 Å². The SMILES string of the molecule is O=C(CNC(=O)c1ccccc1)OC(C(=O)c1c[nH]c2ccccc12)c1ccccc1. The second-order valence-corrected chi connectivity index (χ2v) is 6.94. The van der Waals surface area contributed by atoms with Gasteiger partial charge >= 0.3 is 5.97 Å². The first kappa shape index (κ1) is 20.1. The minimum absolute atomic E-state index is 0.341. The van der Waals surface area contributed by atoms with E-state index >= 15 is 0 Å². The Morgan fingerprint density at radius 3 is 2.23 bits per heavy atom. The number of benzene rings is 3. The molecule has 154 valence electrons. The number of amides is 1. The molecule has 1 aromatic heterocycles. The molecule has 4 aromatic rings. The van der Waals surface area contributed by atoms with Gasteiger partial charge in [-0.3, -0.25) is 14.4 Å². The smallest absolute Gasteiger partial charge is 0.326 e. The predicted molar refractivity (Wildman–Crippen MR) is 117 cm³/mol. The summed E-state index contributed by atoms with van der Waals surface area (Å²) in [6, 6.07) is 24.8. The van der Waals surface area contributed by atoms with Crippen LogP contribution < -0.4 is 5.32 Å². The van der Waals surface area contributed by atoms with E-state index < -0.39 is 18.0 Å². The number of carbonyl (C=O) groups is 3. The van der Waals surface area contributed by atoms with Crippen LogP contribution >= 0.6 is 0 Å². The van der Waals surface area contributed by atoms with Gasteiger partial charge in [-0.15, -0.1) is 0 Å². The van der Waals surface area contributed by atoms with Crippen LogP contribution in [-0.4, -0.2) is 29.2 Å².